The lowest BCUT2D eigenvalue weighted by molar-refractivity contribution is 0.668. The van der Waals surface area contributed by atoms with Gasteiger partial charge in [-0.25, -0.2) is 0 Å². The molecule has 13 aromatic rings. The fourth-order valence-corrected chi connectivity index (χ4v) is 10.7. The van der Waals surface area contributed by atoms with E-state index in [-0.39, 0.29) is 0 Å². The van der Waals surface area contributed by atoms with Crippen molar-refractivity contribution in [2.24, 2.45) is 0 Å². The van der Waals surface area contributed by atoms with Crippen molar-refractivity contribution in [1.29, 1.82) is 0 Å². The molecule has 0 aliphatic heterocycles. The Morgan fingerprint density at radius 2 is 0.621 bits per heavy atom. The maximum absolute atomic E-state index is 6.78. The Hall–Kier alpha value is -8.58. The maximum Gasteiger partial charge on any atom is 0.137 e. The van der Waals surface area contributed by atoms with Gasteiger partial charge in [0.05, 0.1) is 0 Å². The van der Waals surface area contributed by atoms with Gasteiger partial charge in [-0.2, -0.15) is 0 Å². The van der Waals surface area contributed by atoms with Crippen LogP contribution < -0.4 is 14.7 Å². The molecule has 6 heteroatoms. The first kappa shape index (κ1) is 37.9. The van der Waals surface area contributed by atoms with Gasteiger partial charge in [0.1, 0.15) is 22.3 Å². The third-order valence-corrected chi connectivity index (χ3v) is 13.7. The lowest BCUT2D eigenvalue weighted by atomic mass is 10.1. The summed E-state index contributed by atoms with van der Waals surface area (Å²) in [6.45, 7) is 0. The molecule has 0 N–H and O–H groups in total. The molecule has 3 aromatic heterocycles. The maximum atomic E-state index is 6.78. The minimum Gasteiger partial charge on any atom is -0.456 e. The lowest BCUT2D eigenvalue weighted by Crippen LogP contribution is -2.13. The lowest BCUT2D eigenvalue weighted by Gasteiger charge is -2.29. The Bertz CT molecular complexity index is 3870. The largest absolute Gasteiger partial charge is 0.456 e. The van der Waals surface area contributed by atoms with Gasteiger partial charge in [0, 0.05) is 99.0 Å². The van der Waals surface area contributed by atoms with Gasteiger partial charge >= 0.3 is 0 Å². The first-order valence-electron chi connectivity index (χ1n) is 22.1. The van der Waals surface area contributed by atoms with E-state index in [9.17, 15) is 0 Å². The second-order valence-electron chi connectivity index (χ2n) is 16.6. The van der Waals surface area contributed by atoms with Crippen LogP contribution in [0.15, 0.2) is 245 Å². The van der Waals surface area contributed by atoms with Crippen LogP contribution in [0.4, 0.5) is 51.2 Å². The van der Waals surface area contributed by atoms with Gasteiger partial charge in [0.15, 0.2) is 0 Å². The summed E-state index contributed by atoms with van der Waals surface area (Å²) in [4.78, 5) is 6.96. The molecule has 0 aliphatic rings. The van der Waals surface area contributed by atoms with E-state index < -0.39 is 0 Å². The Labute approximate surface area is 384 Å². The number of benzene rings is 10. The van der Waals surface area contributed by atoms with Crippen LogP contribution in [0, 0.1) is 0 Å². The van der Waals surface area contributed by atoms with Crippen LogP contribution >= 0.6 is 11.3 Å². The van der Waals surface area contributed by atoms with Crippen LogP contribution in [0.2, 0.25) is 0 Å². The summed E-state index contributed by atoms with van der Waals surface area (Å²) in [6.07, 6.45) is 0. The van der Waals surface area contributed by atoms with Crippen LogP contribution in [-0.2, 0) is 0 Å². The molecule has 0 spiro atoms. The van der Waals surface area contributed by atoms with Gasteiger partial charge in [-0.3, -0.25) is 0 Å². The summed E-state index contributed by atoms with van der Waals surface area (Å²) in [6, 6.07) is 83.8. The van der Waals surface area contributed by atoms with Gasteiger partial charge in [-0.05, 0) is 133 Å². The minimum absolute atomic E-state index is 0.809. The van der Waals surface area contributed by atoms with Gasteiger partial charge < -0.3 is 23.5 Å². The van der Waals surface area contributed by atoms with Crippen LogP contribution in [0.25, 0.3) is 64.0 Å². The normalized spacial score (nSPS) is 11.6. The zero-order chi connectivity index (χ0) is 43.6. The fraction of sp³-hybridized carbons (Fsp3) is 0. The van der Waals surface area contributed by atoms with Crippen LogP contribution in [0.1, 0.15) is 0 Å². The number of nitrogens with zero attached hydrogens (tertiary/aromatic N) is 3. The molecule has 0 saturated heterocycles. The van der Waals surface area contributed by atoms with Gasteiger partial charge in [0.25, 0.3) is 0 Å². The van der Waals surface area contributed by atoms with E-state index in [4.69, 9.17) is 8.83 Å². The monoisotopic (exact) mass is 865 g/mol. The Morgan fingerprint density at radius 3 is 1.26 bits per heavy atom. The zero-order valence-electron chi connectivity index (χ0n) is 35.6. The van der Waals surface area contributed by atoms with Crippen molar-refractivity contribution >= 4 is 127 Å². The molecule has 0 saturated carbocycles. The molecular formula is C60H39N3O2S. The van der Waals surface area contributed by atoms with E-state index in [1.807, 2.05) is 23.5 Å². The highest BCUT2D eigenvalue weighted by atomic mass is 32.1. The van der Waals surface area contributed by atoms with Crippen molar-refractivity contribution in [3.63, 3.8) is 0 Å². The summed E-state index contributed by atoms with van der Waals surface area (Å²) in [5, 5.41) is 6.79. The molecule has 66 heavy (non-hydrogen) atoms. The molecule has 10 aromatic carbocycles. The minimum atomic E-state index is 0.809. The smallest absolute Gasteiger partial charge is 0.137 e. The number of hydrogen-bond acceptors (Lipinski definition) is 6. The second kappa shape index (κ2) is 15.6. The number of rotatable bonds is 9. The highest BCUT2D eigenvalue weighted by molar-refractivity contribution is 7.25. The molecule has 0 radical (unpaired) electrons. The van der Waals surface area contributed by atoms with E-state index in [2.05, 4.69) is 239 Å². The van der Waals surface area contributed by atoms with Crippen molar-refractivity contribution in [3.8, 4) is 0 Å². The summed E-state index contributed by atoms with van der Waals surface area (Å²) >= 11 is 1.84. The SMILES string of the molecule is c1ccc(N(c2ccccc2)c2cccc(N(c3ccc4c(c3)oc3ccc(N(c5ccccc5)c5ccc6sc7ccccc7c6c5)cc34)c3ccc4oc5ccccc5c4c3)c2)cc1. The summed E-state index contributed by atoms with van der Waals surface area (Å²) in [7, 11) is 0. The van der Waals surface area contributed by atoms with Crippen LogP contribution in [0.5, 0.6) is 0 Å². The predicted molar refractivity (Wildman–Crippen MR) is 278 cm³/mol. The van der Waals surface area contributed by atoms with Gasteiger partial charge in [0.2, 0.25) is 0 Å². The van der Waals surface area contributed by atoms with E-state index in [1.54, 1.807) is 0 Å². The highest BCUT2D eigenvalue weighted by Gasteiger charge is 2.22. The third kappa shape index (κ3) is 6.46. The van der Waals surface area contributed by atoms with E-state index in [0.717, 1.165) is 95.1 Å². The zero-order valence-corrected chi connectivity index (χ0v) is 36.4. The average molecular weight is 866 g/mol. The number of hydrogen-bond donors (Lipinski definition) is 0. The van der Waals surface area contributed by atoms with Crippen molar-refractivity contribution in [1.82, 2.24) is 0 Å². The Morgan fingerprint density at radius 1 is 0.227 bits per heavy atom. The second-order valence-corrected chi connectivity index (χ2v) is 17.6. The molecule has 0 fully saturated rings. The molecule has 0 amide bonds. The Balaban J connectivity index is 0.959. The number of furan rings is 2. The van der Waals surface area contributed by atoms with E-state index in [1.165, 1.54) is 20.2 Å². The number of fused-ring (bicyclic) bond motifs is 9. The highest BCUT2D eigenvalue weighted by Crippen LogP contribution is 2.46. The van der Waals surface area contributed by atoms with Crippen molar-refractivity contribution in [2.45, 2.75) is 0 Å². The standard InChI is InChI=1S/C60H39N3O2S/c1-4-15-40(16-5-1)61(41-17-6-2-7-18-41)43-21-14-22-44(35-43)63(46-29-32-56-52(37-46)49-23-10-12-25-55(49)64-56)48-27-31-50-53-36-45(28-33-57(53)65-58(50)39-48)62(42-19-8-3-9-20-42)47-30-34-60-54(38-47)51-24-11-13-26-59(51)66-60/h1-39H. The van der Waals surface area contributed by atoms with Crippen molar-refractivity contribution in [2.75, 3.05) is 14.7 Å². The number of para-hydroxylation sites is 4. The topological polar surface area (TPSA) is 36.0 Å². The van der Waals surface area contributed by atoms with Gasteiger partial charge in [-0.1, -0.05) is 97.1 Å². The molecule has 0 bridgehead atoms. The molecular weight excluding hydrogens is 827 g/mol. The molecule has 3 heterocycles. The molecule has 0 aliphatic carbocycles. The predicted octanol–water partition coefficient (Wildman–Crippen LogP) is 18.3. The molecule has 312 valence electrons. The first-order chi connectivity index (χ1) is 32.7. The van der Waals surface area contributed by atoms with Crippen LogP contribution in [0.3, 0.4) is 0 Å². The van der Waals surface area contributed by atoms with Gasteiger partial charge in [-0.15, -0.1) is 11.3 Å². The van der Waals surface area contributed by atoms with Crippen molar-refractivity contribution < 1.29 is 8.83 Å². The van der Waals surface area contributed by atoms with E-state index >= 15 is 0 Å². The van der Waals surface area contributed by atoms with Crippen LogP contribution in [-0.4, -0.2) is 0 Å². The number of anilines is 9. The molecule has 5 nitrogen and oxygen atoms in total. The Kier molecular flexibility index (Phi) is 8.96. The van der Waals surface area contributed by atoms with Crippen molar-refractivity contribution in [3.05, 3.63) is 237 Å². The van der Waals surface area contributed by atoms with E-state index in [0.29, 0.717) is 0 Å². The third-order valence-electron chi connectivity index (χ3n) is 12.6. The fourth-order valence-electron chi connectivity index (χ4n) is 9.58. The number of thiophene rings is 1. The molecule has 0 atom stereocenters. The first-order valence-corrected chi connectivity index (χ1v) is 23.0. The quantitative estimate of drug-likeness (QED) is 0.144. The summed E-state index contributed by atoms with van der Waals surface area (Å²) in [5.41, 5.74) is 12.8. The average Bonchev–Trinajstić information content (AvgIpc) is 4.06. The summed E-state index contributed by atoms with van der Waals surface area (Å²) < 4.78 is 15.7. The molecule has 13 rings (SSSR count). The summed E-state index contributed by atoms with van der Waals surface area (Å²) in [5.74, 6) is 0. The molecule has 0 unspecified atom stereocenters.